The quantitative estimate of drug-likeness (QED) is 0.823. The summed E-state index contributed by atoms with van der Waals surface area (Å²) in [6.45, 7) is 9.66. The van der Waals surface area contributed by atoms with Crippen LogP contribution >= 0.6 is 0 Å². The van der Waals surface area contributed by atoms with Crippen LogP contribution in [-0.2, 0) is 4.74 Å². The van der Waals surface area contributed by atoms with Crippen molar-refractivity contribution in [1.29, 1.82) is 0 Å². The van der Waals surface area contributed by atoms with Gasteiger partial charge in [-0.25, -0.2) is 4.39 Å². The van der Waals surface area contributed by atoms with E-state index in [0.29, 0.717) is 6.04 Å². The molecule has 0 saturated carbocycles. The summed E-state index contributed by atoms with van der Waals surface area (Å²) in [5, 5.41) is 0. The molecule has 24 heavy (non-hydrogen) atoms. The second-order valence-corrected chi connectivity index (χ2v) is 6.98. The molecule has 0 amide bonds. The molecule has 2 aliphatic rings. The normalized spacial score (nSPS) is 22.9. The van der Waals surface area contributed by atoms with E-state index in [4.69, 9.17) is 4.74 Å². The van der Waals surface area contributed by atoms with Crippen LogP contribution in [0.25, 0.3) is 6.08 Å². The SMILES string of the molecule is CC(C1CCN(C/C=C/c2ccc(F)cc2)CC1)N1CCOCC1. The number of likely N-dealkylation sites (tertiary alicyclic amines) is 1. The standard InChI is InChI=1S/C20H29FN2O/c1-17(23-13-15-24-16-14-23)19-8-11-22(12-9-19)10-2-3-18-4-6-20(21)7-5-18/h2-7,17,19H,8-16H2,1H3/b3-2+. The summed E-state index contributed by atoms with van der Waals surface area (Å²) in [5.41, 5.74) is 1.06. The molecule has 2 fully saturated rings. The summed E-state index contributed by atoms with van der Waals surface area (Å²) in [7, 11) is 0. The fourth-order valence-electron chi connectivity index (χ4n) is 3.81. The molecule has 0 aliphatic carbocycles. The first-order valence-electron chi connectivity index (χ1n) is 9.18. The molecule has 0 spiro atoms. The molecule has 132 valence electrons. The Balaban J connectivity index is 1.40. The first kappa shape index (κ1) is 17.6. The number of morpholine rings is 1. The second kappa shape index (κ2) is 8.75. The van der Waals surface area contributed by atoms with Gasteiger partial charge in [-0.15, -0.1) is 0 Å². The lowest BCUT2D eigenvalue weighted by Gasteiger charge is -2.40. The zero-order valence-corrected chi connectivity index (χ0v) is 14.7. The van der Waals surface area contributed by atoms with E-state index >= 15 is 0 Å². The molecule has 3 rings (SSSR count). The van der Waals surface area contributed by atoms with Crippen molar-refractivity contribution in [3.63, 3.8) is 0 Å². The maximum absolute atomic E-state index is 12.9. The molecule has 1 aromatic carbocycles. The first-order valence-corrected chi connectivity index (χ1v) is 9.18. The Morgan fingerprint density at radius 2 is 1.79 bits per heavy atom. The van der Waals surface area contributed by atoms with Crippen LogP contribution in [0, 0.1) is 11.7 Å². The van der Waals surface area contributed by atoms with Crippen molar-refractivity contribution < 1.29 is 9.13 Å². The molecule has 1 aromatic rings. The Morgan fingerprint density at radius 3 is 2.46 bits per heavy atom. The third-order valence-electron chi connectivity index (χ3n) is 5.48. The average Bonchev–Trinajstić information content (AvgIpc) is 2.64. The summed E-state index contributed by atoms with van der Waals surface area (Å²) < 4.78 is 18.4. The number of hydrogen-bond acceptors (Lipinski definition) is 3. The minimum absolute atomic E-state index is 0.177. The van der Waals surface area contributed by atoms with Crippen molar-refractivity contribution in [2.75, 3.05) is 45.9 Å². The molecule has 0 bridgehead atoms. The third-order valence-corrected chi connectivity index (χ3v) is 5.48. The lowest BCUT2D eigenvalue weighted by molar-refractivity contribution is -0.000953. The van der Waals surface area contributed by atoms with Gasteiger partial charge in [0.1, 0.15) is 5.82 Å². The van der Waals surface area contributed by atoms with E-state index in [0.717, 1.165) is 44.3 Å². The van der Waals surface area contributed by atoms with E-state index in [1.807, 2.05) is 12.1 Å². The van der Waals surface area contributed by atoms with Gasteiger partial charge in [0, 0.05) is 25.7 Å². The molecular weight excluding hydrogens is 303 g/mol. The van der Waals surface area contributed by atoms with Crippen LogP contribution in [0.15, 0.2) is 30.3 Å². The molecule has 4 heteroatoms. The number of halogens is 1. The van der Waals surface area contributed by atoms with Crippen LogP contribution in [0.1, 0.15) is 25.3 Å². The van der Waals surface area contributed by atoms with Gasteiger partial charge in [-0.3, -0.25) is 9.80 Å². The molecule has 2 saturated heterocycles. The van der Waals surface area contributed by atoms with Crippen molar-refractivity contribution in [2.24, 2.45) is 5.92 Å². The Labute approximate surface area is 145 Å². The molecule has 0 radical (unpaired) electrons. The summed E-state index contributed by atoms with van der Waals surface area (Å²) in [6.07, 6.45) is 6.84. The average molecular weight is 332 g/mol. The lowest BCUT2D eigenvalue weighted by atomic mass is 9.89. The van der Waals surface area contributed by atoms with Crippen LogP contribution in [0.2, 0.25) is 0 Å². The van der Waals surface area contributed by atoms with Gasteiger partial charge in [-0.05, 0) is 56.5 Å². The zero-order valence-electron chi connectivity index (χ0n) is 14.7. The highest BCUT2D eigenvalue weighted by Gasteiger charge is 2.28. The summed E-state index contributed by atoms with van der Waals surface area (Å²) in [4.78, 5) is 5.11. The van der Waals surface area contributed by atoms with Crippen LogP contribution < -0.4 is 0 Å². The molecule has 0 aromatic heterocycles. The Morgan fingerprint density at radius 1 is 1.12 bits per heavy atom. The van der Waals surface area contributed by atoms with E-state index < -0.39 is 0 Å². The zero-order chi connectivity index (χ0) is 16.8. The second-order valence-electron chi connectivity index (χ2n) is 6.98. The molecule has 1 unspecified atom stereocenters. The van der Waals surface area contributed by atoms with Gasteiger partial charge in [0.15, 0.2) is 0 Å². The monoisotopic (exact) mass is 332 g/mol. The van der Waals surface area contributed by atoms with Crippen LogP contribution in [0.4, 0.5) is 4.39 Å². The maximum Gasteiger partial charge on any atom is 0.123 e. The molecule has 3 nitrogen and oxygen atoms in total. The number of nitrogens with zero attached hydrogens (tertiary/aromatic N) is 2. The van der Waals surface area contributed by atoms with Crippen LogP contribution in [0.3, 0.4) is 0 Å². The van der Waals surface area contributed by atoms with Crippen molar-refractivity contribution in [3.05, 3.63) is 41.7 Å². The first-order chi connectivity index (χ1) is 11.7. The van der Waals surface area contributed by atoms with Crippen LogP contribution in [0.5, 0.6) is 0 Å². The van der Waals surface area contributed by atoms with Gasteiger partial charge in [0.2, 0.25) is 0 Å². The highest BCUT2D eigenvalue weighted by Crippen LogP contribution is 2.24. The summed E-state index contributed by atoms with van der Waals surface area (Å²) >= 11 is 0. The largest absolute Gasteiger partial charge is 0.379 e. The van der Waals surface area contributed by atoms with Crippen molar-refractivity contribution in [1.82, 2.24) is 9.80 Å². The number of hydrogen-bond donors (Lipinski definition) is 0. The number of rotatable bonds is 5. The fraction of sp³-hybridized carbons (Fsp3) is 0.600. The molecule has 2 aliphatic heterocycles. The number of benzene rings is 1. The van der Waals surface area contributed by atoms with Gasteiger partial charge < -0.3 is 4.74 Å². The van der Waals surface area contributed by atoms with E-state index in [1.54, 1.807) is 0 Å². The van der Waals surface area contributed by atoms with E-state index in [9.17, 15) is 4.39 Å². The molecule has 1 atom stereocenters. The van der Waals surface area contributed by atoms with Crippen molar-refractivity contribution in [3.8, 4) is 0 Å². The topological polar surface area (TPSA) is 15.7 Å². The molecule has 0 N–H and O–H groups in total. The highest BCUT2D eigenvalue weighted by atomic mass is 19.1. The maximum atomic E-state index is 12.9. The fourth-order valence-corrected chi connectivity index (χ4v) is 3.81. The smallest absolute Gasteiger partial charge is 0.123 e. The lowest BCUT2D eigenvalue weighted by Crippen LogP contribution is -2.48. The highest BCUT2D eigenvalue weighted by molar-refractivity contribution is 5.48. The predicted octanol–water partition coefficient (Wildman–Crippen LogP) is 3.27. The molecule has 2 heterocycles. The summed E-state index contributed by atoms with van der Waals surface area (Å²) in [6, 6.07) is 7.34. The Bertz CT molecular complexity index is 517. The predicted molar refractivity (Wildman–Crippen MR) is 96.5 cm³/mol. The van der Waals surface area contributed by atoms with Gasteiger partial charge in [-0.2, -0.15) is 0 Å². The molecular formula is C20H29FN2O. The Kier molecular flexibility index (Phi) is 6.41. The van der Waals surface area contributed by atoms with E-state index in [2.05, 4.69) is 28.9 Å². The van der Waals surface area contributed by atoms with Gasteiger partial charge in [0.25, 0.3) is 0 Å². The van der Waals surface area contributed by atoms with Gasteiger partial charge in [0.05, 0.1) is 13.2 Å². The minimum atomic E-state index is -0.177. The number of ether oxygens (including phenoxy) is 1. The third kappa shape index (κ3) is 4.88. The Hall–Kier alpha value is -1.23. The van der Waals surface area contributed by atoms with Gasteiger partial charge >= 0.3 is 0 Å². The summed E-state index contributed by atoms with van der Waals surface area (Å²) in [5.74, 6) is 0.629. The number of piperidine rings is 1. The van der Waals surface area contributed by atoms with Crippen molar-refractivity contribution in [2.45, 2.75) is 25.8 Å². The van der Waals surface area contributed by atoms with E-state index in [-0.39, 0.29) is 5.82 Å². The van der Waals surface area contributed by atoms with Crippen LogP contribution in [-0.4, -0.2) is 61.8 Å². The van der Waals surface area contributed by atoms with Crippen molar-refractivity contribution >= 4 is 6.08 Å². The minimum Gasteiger partial charge on any atom is -0.379 e. The van der Waals surface area contributed by atoms with E-state index in [1.165, 1.54) is 38.1 Å². The van der Waals surface area contributed by atoms with Gasteiger partial charge in [-0.1, -0.05) is 24.3 Å².